The largest absolute Gasteiger partial charge is 0.505 e. The number of azo groups is 1. The van der Waals surface area contributed by atoms with Gasteiger partial charge in [-0.1, -0.05) is 35.9 Å². The van der Waals surface area contributed by atoms with Crippen molar-refractivity contribution in [3.05, 3.63) is 82.9 Å². The number of rotatable bonds is 6. The highest BCUT2D eigenvalue weighted by molar-refractivity contribution is 7.86. The fraction of sp³-hybridized carbons (Fsp3) is 0.0800. The Labute approximate surface area is 211 Å². The molecule has 0 saturated heterocycles. The van der Waals surface area contributed by atoms with E-state index in [0.717, 1.165) is 0 Å². The Morgan fingerprint density at radius 2 is 1.72 bits per heavy atom. The van der Waals surface area contributed by atoms with Crippen LogP contribution in [0.2, 0.25) is 5.02 Å². The van der Waals surface area contributed by atoms with Crippen LogP contribution in [-0.2, 0) is 10.1 Å². The molecular formula is C25H20ClN3O6S. The van der Waals surface area contributed by atoms with Crippen molar-refractivity contribution in [2.45, 2.75) is 11.8 Å². The molecule has 0 spiro atoms. The number of anilines is 1. The second-order valence-corrected chi connectivity index (χ2v) is 9.49. The molecule has 0 aliphatic rings. The van der Waals surface area contributed by atoms with Gasteiger partial charge in [-0.25, -0.2) is 0 Å². The van der Waals surface area contributed by atoms with Crippen molar-refractivity contribution in [3.63, 3.8) is 0 Å². The predicted octanol–water partition coefficient (Wildman–Crippen LogP) is 6.43. The smallest absolute Gasteiger partial charge is 0.296 e. The summed E-state index contributed by atoms with van der Waals surface area (Å²) in [4.78, 5) is 12.5. The zero-order valence-electron chi connectivity index (χ0n) is 19.1. The fourth-order valence-electron chi connectivity index (χ4n) is 3.64. The van der Waals surface area contributed by atoms with E-state index in [-0.39, 0.29) is 27.5 Å². The average Bonchev–Trinajstić information content (AvgIpc) is 2.84. The Balaban J connectivity index is 1.79. The van der Waals surface area contributed by atoms with E-state index in [9.17, 15) is 22.9 Å². The van der Waals surface area contributed by atoms with Crippen LogP contribution in [0.15, 0.2) is 81.9 Å². The third-order valence-electron chi connectivity index (χ3n) is 5.43. The molecule has 184 valence electrons. The zero-order chi connectivity index (χ0) is 26.0. The molecule has 0 bridgehead atoms. The van der Waals surface area contributed by atoms with Gasteiger partial charge in [0, 0.05) is 11.1 Å². The predicted molar refractivity (Wildman–Crippen MR) is 137 cm³/mol. The molecule has 36 heavy (non-hydrogen) atoms. The van der Waals surface area contributed by atoms with Crippen molar-refractivity contribution in [1.82, 2.24) is 0 Å². The van der Waals surface area contributed by atoms with E-state index in [2.05, 4.69) is 15.5 Å². The molecular weight excluding hydrogens is 506 g/mol. The van der Waals surface area contributed by atoms with Crippen molar-refractivity contribution in [3.8, 4) is 11.5 Å². The summed E-state index contributed by atoms with van der Waals surface area (Å²) in [6.07, 6.45) is 0. The van der Waals surface area contributed by atoms with E-state index in [1.807, 2.05) is 0 Å². The summed E-state index contributed by atoms with van der Waals surface area (Å²) in [6, 6.07) is 17.9. The van der Waals surface area contributed by atoms with Crippen LogP contribution in [0, 0.1) is 6.92 Å². The Kier molecular flexibility index (Phi) is 6.93. The lowest BCUT2D eigenvalue weighted by molar-refractivity contribution is 0.102. The molecule has 3 N–H and O–H groups in total. The normalized spacial score (nSPS) is 11.7. The summed E-state index contributed by atoms with van der Waals surface area (Å²) < 4.78 is 38.1. The quantitative estimate of drug-likeness (QED) is 0.196. The molecule has 1 amide bonds. The van der Waals surface area contributed by atoms with E-state index in [0.29, 0.717) is 22.2 Å². The number of halogens is 1. The van der Waals surface area contributed by atoms with E-state index >= 15 is 0 Å². The number of carbonyl (C=O) groups excluding carboxylic acids is 1. The summed E-state index contributed by atoms with van der Waals surface area (Å²) in [6.45, 7) is 1.42. The van der Waals surface area contributed by atoms with E-state index in [1.54, 1.807) is 48.5 Å². The number of benzene rings is 4. The van der Waals surface area contributed by atoms with Crippen LogP contribution in [0.5, 0.6) is 11.5 Å². The SMILES string of the molecule is COc1ccc(NC(=O)c2cc3ccccc3c(N=Nc3ccc(Cl)c(S(=O)(=O)O)c3C)c2O)cc1. The number of amides is 1. The third-order valence-corrected chi connectivity index (χ3v) is 6.90. The first-order valence-corrected chi connectivity index (χ1v) is 12.3. The molecule has 0 aromatic heterocycles. The minimum Gasteiger partial charge on any atom is -0.505 e. The lowest BCUT2D eigenvalue weighted by Crippen LogP contribution is -2.12. The first kappa shape index (κ1) is 25.1. The van der Waals surface area contributed by atoms with E-state index in [4.69, 9.17) is 16.3 Å². The van der Waals surface area contributed by atoms with Gasteiger partial charge in [0.1, 0.15) is 16.3 Å². The Hall–Kier alpha value is -3.99. The van der Waals surface area contributed by atoms with Crippen molar-refractivity contribution < 1.29 is 27.6 Å². The number of hydrogen-bond donors (Lipinski definition) is 3. The van der Waals surface area contributed by atoms with E-state index in [1.165, 1.54) is 32.2 Å². The highest BCUT2D eigenvalue weighted by atomic mass is 35.5. The van der Waals surface area contributed by atoms with Gasteiger partial charge in [0.15, 0.2) is 5.75 Å². The van der Waals surface area contributed by atoms with Gasteiger partial charge in [0.2, 0.25) is 0 Å². The number of phenolic OH excluding ortho intramolecular Hbond substituents is 1. The van der Waals surface area contributed by atoms with Crippen LogP contribution >= 0.6 is 11.6 Å². The summed E-state index contributed by atoms with van der Waals surface area (Å²) >= 11 is 5.94. The maximum Gasteiger partial charge on any atom is 0.296 e. The van der Waals surface area contributed by atoms with Gasteiger partial charge >= 0.3 is 0 Å². The van der Waals surface area contributed by atoms with Crippen molar-refractivity contribution in [2.24, 2.45) is 10.2 Å². The first-order valence-electron chi connectivity index (χ1n) is 10.5. The molecule has 0 unspecified atom stereocenters. The van der Waals surface area contributed by atoms with Gasteiger partial charge in [-0.05, 0) is 60.3 Å². The molecule has 0 aliphatic carbocycles. The highest BCUT2D eigenvalue weighted by Gasteiger charge is 2.21. The van der Waals surface area contributed by atoms with Gasteiger partial charge in [0.25, 0.3) is 16.0 Å². The molecule has 0 fully saturated rings. The van der Waals surface area contributed by atoms with Crippen molar-refractivity contribution >= 4 is 55.5 Å². The maximum atomic E-state index is 13.0. The average molecular weight is 526 g/mol. The number of nitrogens with one attached hydrogen (secondary N) is 1. The summed E-state index contributed by atoms with van der Waals surface area (Å²) in [7, 11) is -3.07. The molecule has 9 nitrogen and oxygen atoms in total. The molecule has 4 rings (SSSR count). The van der Waals surface area contributed by atoms with Gasteiger partial charge in [0.05, 0.1) is 23.4 Å². The van der Waals surface area contributed by atoms with Crippen LogP contribution < -0.4 is 10.1 Å². The molecule has 0 radical (unpaired) electrons. The summed E-state index contributed by atoms with van der Waals surface area (Å²) in [5.41, 5.74) is 0.640. The molecule has 0 heterocycles. The van der Waals surface area contributed by atoms with Crippen LogP contribution in [0.1, 0.15) is 15.9 Å². The number of aromatic hydroxyl groups is 1. The van der Waals surface area contributed by atoms with Gasteiger partial charge in [-0.15, -0.1) is 5.11 Å². The zero-order valence-corrected chi connectivity index (χ0v) is 20.6. The number of fused-ring (bicyclic) bond motifs is 1. The highest BCUT2D eigenvalue weighted by Crippen LogP contribution is 2.40. The monoisotopic (exact) mass is 525 g/mol. The van der Waals surface area contributed by atoms with Crippen LogP contribution in [0.4, 0.5) is 17.1 Å². The van der Waals surface area contributed by atoms with Crippen molar-refractivity contribution in [2.75, 3.05) is 12.4 Å². The Morgan fingerprint density at radius 3 is 2.39 bits per heavy atom. The van der Waals surface area contributed by atoms with Crippen LogP contribution in [-0.4, -0.2) is 31.1 Å². The number of phenols is 1. The number of methoxy groups -OCH3 is 1. The second-order valence-electron chi connectivity index (χ2n) is 7.72. The third kappa shape index (κ3) is 5.01. The van der Waals surface area contributed by atoms with Crippen LogP contribution in [0.25, 0.3) is 10.8 Å². The minimum atomic E-state index is -4.61. The summed E-state index contributed by atoms with van der Waals surface area (Å²) in [5, 5.41) is 22.9. The number of ether oxygens (including phenoxy) is 1. The lowest BCUT2D eigenvalue weighted by atomic mass is 10.0. The van der Waals surface area contributed by atoms with E-state index < -0.39 is 26.7 Å². The molecule has 4 aromatic rings. The second kappa shape index (κ2) is 9.94. The van der Waals surface area contributed by atoms with Gasteiger partial charge < -0.3 is 15.2 Å². The Bertz CT molecular complexity index is 1620. The summed E-state index contributed by atoms with van der Waals surface area (Å²) in [5.74, 6) is -0.361. The van der Waals surface area contributed by atoms with Crippen LogP contribution in [0.3, 0.4) is 0 Å². The fourth-order valence-corrected chi connectivity index (χ4v) is 4.94. The molecule has 4 aromatic carbocycles. The van der Waals surface area contributed by atoms with Crippen molar-refractivity contribution in [1.29, 1.82) is 0 Å². The molecule has 0 aliphatic heterocycles. The lowest BCUT2D eigenvalue weighted by Gasteiger charge is -2.12. The standard InChI is InChI=1S/C25H20ClN3O6S/c1-14-21(12-11-20(26)24(14)36(32,33)34)28-29-22-18-6-4-3-5-15(18)13-19(23(22)30)25(31)27-16-7-9-17(35-2)10-8-16/h3-13,30H,1-2H3,(H,27,31)(H,32,33,34). The molecule has 0 saturated carbocycles. The number of nitrogens with zero attached hydrogens (tertiary/aromatic N) is 2. The van der Waals surface area contributed by atoms with Gasteiger partial charge in [-0.2, -0.15) is 13.5 Å². The molecule has 0 atom stereocenters. The number of carbonyl (C=O) groups is 1. The minimum absolute atomic E-state index is 0.00994. The maximum absolute atomic E-state index is 13.0. The number of hydrogen-bond acceptors (Lipinski definition) is 7. The topological polar surface area (TPSA) is 138 Å². The Morgan fingerprint density at radius 1 is 1.03 bits per heavy atom. The molecule has 11 heteroatoms. The first-order chi connectivity index (χ1) is 17.1. The van der Waals surface area contributed by atoms with Gasteiger partial charge in [-0.3, -0.25) is 9.35 Å².